The highest BCUT2D eigenvalue weighted by molar-refractivity contribution is 6.26. The second kappa shape index (κ2) is 14.1. The van der Waals surface area contributed by atoms with E-state index in [2.05, 4.69) is 139 Å². The molecule has 2 heterocycles. The first-order valence-electron chi connectivity index (χ1n) is 21.3. The predicted molar refractivity (Wildman–Crippen MR) is 256 cm³/mol. The van der Waals surface area contributed by atoms with Crippen LogP contribution in [0.15, 0.2) is 194 Å². The van der Waals surface area contributed by atoms with E-state index in [4.69, 9.17) is 15.0 Å². The summed E-state index contributed by atoms with van der Waals surface area (Å²) >= 11 is 0. The molecule has 0 fully saturated rings. The van der Waals surface area contributed by atoms with Gasteiger partial charge in [-0.3, -0.25) is 4.90 Å². The molecule has 2 aromatic heterocycles. The van der Waals surface area contributed by atoms with E-state index < -0.39 is 0 Å². The third-order valence-corrected chi connectivity index (χ3v) is 12.8. The highest BCUT2D eigenvalue weighted by Crippen LogP contribution is 2.52. The SMILES string of the molecule is CC1(C)c2cc(-c3ccc4c5c3ccc3cccc(c35)n4-c3ccccc3)ccc2-c2ccc(N(c3ccc(C#N)cc3)c3nc(-c4ccccc4)nc(-c4ccccc4)n3)cc21. The monoisotopic (exact) mass is 806 g/mol. The van der Waals surface area contributed by atoms with E-state index in [-0.39, 0.29) is 5.41 Å². The van der Waals surface area contributed by atoms with Gasteiger partial charge in [0.2, 0.25) is 5.95 Å². The fourth-order valence-corrected chi connectivity index (χ4v) is 9.79. The molecule has 0 atom stereocenters. The summed E-state index contributed by atoms with van der Waals surface area (Å²) in [6.07, 6.45) is 0. The predicted octanol–water partition coefficient (Wildman–Crippen LogP) is 14.2. The molecule has 0 N–H and O–H groups in total. The number of fused-ring (bicyclic) bond motifs is 3. The summed E-state index contributed by atoms with van der Waals surface area (Å²) in [4.78, 5) is 17.4. The molecule has 0 bridgehead atoms. The van der Waals surface area contributed by atoms with Crippen LogP contribution < -0.4 is 4.90 Å². The van der Waals surface area contributed by atoms with Crippen LogP contribution >= 0.6 is 0 Å². The van der Waals surface area contributed by atoms with Crippen LogP contribution in [0.25, 0.3) is 83.3 Å². The molecule has 9 aromatic carbocycles. The molecule has 63 heavy (non-hydrogen) atoms. The van der Waals surface area contributed by atoms with Crippen molar-refractivity contribution in [3.05, 3.63) is 211 Å². The van der Waals surface area contributed by atoms with Crippen LogP contribution in [0.2, 0.25) is 0 Å². The minimum Gasteiger partial charge on any atom is -0.309 e. The van der Waals surface area contributed by atoms with Crippen LogP contribution in [0.3, 0.4) is 0 Å². The maximum Gasteiger partial charge on any atom is 0.238 e. The first-order valence-corrected chi connectivity index (χ1v) is 21.3. The molecule has 0 amide bonds. The average Bonchev–Trinajstić information content (AvgIpc) is 3.80. The van der Waals surface area contributed by atoms with Crippen molar-refractivity contribution in [2.75, 3.05) is 4.90 Å². The van der Waals surface area contributed by atoms with Crippen molar-refractivity contribution in [1.29, 1.82) is 5.26 Å². The second-order valence-corrected chi connectivity index (χ2v) is 16.8. The Labute approximate surface area is 365 Å². The molecule has 0 spiro atoms. The Hall–Kier alpha value is -8.40. The smallest absolute Gasteiger partial charge is 0.238 e. The number of hydrogen-bond acceptors (Lipinski definition) is 5. The van der Waals surface area contributed by atoms with E-state index in [1.807, 2.05) is 84.9 Å². The average molecular weight is 807 g/mol. The van der Waals surface area contributed by atoms with Gasteiger partial charge in [0.25, 0.3) is 0 Å². The molecular formula is C57H38N6. The van der Waals surface area contributed by atoms with Crippen LogP contribution in [-0.2, 0) is 5.41 Å². The molecule has 0 saturated heterocycles. The first kappa shape index (κ1) is 36.5. The van der Waals surface area contributed by atoms with Crippen molar-refractivity contribution in [2.24, 2.45) is 0 Å². The van der Waals surface area contributed by atoms with Gasteiger partial charge in [0.15, 0.2) is 11.6 Å². The number of aromatic nitrogens is 4. The van der Waals surface area contributed by atoms with Gasteiger partial charge >= 0.3 is 0 Å². The van der Waals surface area contributed by atoms with Crippen LogP contribution in [0.5, 0.6) is 0 Å². The Morgan fingerprint density at radius 3 is 1.78 bits per heavy atom. The number of nitriles is 1. The summed E-state index contributed by atoms with van der Waals surface area (Å²) < 4.78 is 2.40. The van der Waals surface area contributed by atoms with Crippen molar-refractivity contribution in [3.63, 3.8) is 0 Å². The zero-order chi connectivity index (χ0) is 42.2. The fourth-order valence-electron chi connectivity index (χ4n) is 9.79. The van der Waals surface area contributed by atoms with Gasteiger partial charge in [-0.05, 0) is 111 Å². The number of anilines is 3. The highest BCUT2D eigenvalue weighted by Gasteiger charge is 2.37. The number of hydrogen-bond donors (Lipinski definition) is 0. The summed E-state index contributed by atoms with van der Waals surface area (Å²) in [7, 11) is 0. The van der Waals surface area contributed by atoms with Gasteiger partial charge in [-0.15, -0.1) is 0 Å². The lowest BCUT2D eigenvalue weighted by atomic mass is 9.81. The molecule has 0 aliphatic heterocycles. The fraction of sp³-hybridized carbons (Fsp3) is 0.0526. The van der Waals surface area contributed by atoms with Crippen LogP contribution in [0.4, 0.5) is 17.3 Å². The lowest BCUT2D eigenvalue weighted by molar-refractivity contribution is 0.660. The summed E-state index contributed by atoms with van der Waals surface area (Å²) in [5.74, 6) is 1.64. The largest absolute Gasteiger partial charge is 0.309 e. The quantitative estimate of drug-likeness (QED) is 0.150. The van der Waals surface area contributed by atoms with Gasteiger partial charge in [-0.1, -0.05) is 141 Å². The zero-order valence-electron chi connectivity index (χ0n) is 34.7. The van der Waals surface area contributed by atoms with E-state index in [9.17, 15) is 5.26 Å². The third kappa shape index (κ3) is 5.75. The van der Waals surface area contributed by atoms with Crippen molar-refractivity contribution in [2.45, 2.75) is 19.3 Å². The Bertz CT molecular complexity index is 3530. The Morgan fingerprint density at radius 1 is 0.492 bits per heavy atom. The van der Waals surface area contributed by atoms with Gasteiger partial charge in [0, 0.05) is 44.4 Å². The molecule has 0 radical (unpaired) electrons. The van der Waals surface area contributed by atoms with Gasteiger partial charge in [0.1, 0.15) is 0 Å². The van der Waals surface area contributed by atoms with E-state index >= 15 is 0 Å². The molecule has 11 aromatic rings. The van der Waals surface area contributed by atoms with Gasteiger partial charge < -0.3 is 4.57 Å². The highest BCUT2D eigenvalue weighted by atomic mass is 15.3. The standard InChI is InChI=1S/C57H38N6/c1-57(2)48-33-40(44-31-32-51-53-47(44)29-23-37-17-12-20-50(52(37)53)63(51)41-18-10-5-11-19-41)24-28-45(48)46-30-27-43(34-49(46)57)62(42-25-21-36(35-58)22-26-42)56-60-54(38-13-6-3-7-14-38)59-55(61-56)39-15-8-4-9-16-39/h3-34H,1-2H3. The Morgan fingerprint density at radius 2 is 1.10 bits per heavy atom. The number of nitrogens with zero attached hydrogens (tertiary/aromatic N) is 6. The summed E-state index contributed by atoms with van der Waals surface area (Å²) in [6, 6.07) is 70.1. The van der Waals surface area contributed by atoms with Gasteiger partial charge in [-0.2, -0.15) is 15.2 Å². The van der Waals surface area contributed by atoms with E-state index in [0.717, 1.165) is 28.2 Å². The van der Waals surface area contributed by atoms with Crippen LogP contribution in [0.1, 0.15) is 30.5 Å². The molecule has 0 unspecified atom stereocenters. The molecule has 12 rings (SSSR count). The van der Waals surface area contributed by atoms with Crippen molar-refractivity contribution >= 4 is 49.9 Å². The first-order chi connectivity index (χ1) is 30.9. The van der Waals surface area contributed by atoms with Crippen molar-refractivity contribution in [1.82, 2.24) is 19.5 Å². The summed E-state index contributed by atoms with van der Waals surface area (Å²) in [6.45, 7) is 4.66. The van der Waals surface area contributed by atoms with Gasteiger partial charge in [0.05, 0.1) is 22.7 Å². The number of benzene rings is 9. The maximum atomic E-state index is 9.73. The Kier molecular flexibility index (Phi) is 8.15. The van der Waals surface area contributed by atoms with E-state index in [1.54, 1.807) is 0 Å². The molecule has 1 aliphatic carbocycles. The molecule has 6 heteroatoms. The topological polar surface area (TPSA) is 70.6 Å². The number of rotatable bonds is 7. The van der Waals surface area contributed by atoms with E-state index in [1.165, 1.54) is 66.0 Å². The second-order valence-electron chi connectivity index (χ2n) is 16.8. The molecule has 0 saturated carbocycles. The van der Waals surface area contributed by atoms with Crippen molar-refractivity contribution < 1.29 is 0 Å². The lowest BCUT2D eigenvalue weighted by Crippen LogP contribution is -2.18. The minimum absolute atomic E-state index is 0.329. The lowest BCUT2D eigenvalue weighted by Gasteiger charge is -2.27. The molecule has 6 nitrogen and oxygen atoms in total. The van der Waals surface area contributed by atoms with Crippen molar-refractivity contribution in [3.8, 4) is 56.8 Å². The van der Waals surface area contributed by atoms with Crippen LogP contribution in [0, 0.1) is 11.3 Å². The van der Waals surface area contributed by atoms with E-state index in [0.29, 0.717) is 23.2 Å². The minimum atomic E-state index is -0.329. The maximum absolute atomic E-state index is 9.73. The number of para-hydroxylation sites is 1. The third-order valence-electron chi connectivity index (χ3n) is 12.8. The van der Waals surface area contributed by atoms with Gasteiger partial charge in [-0.25, -0.2) is 4.98 Å². The Balaban J connectivity index is 0.995. The summed E-state index contributed by atoms with van der Waals surface area (Å²) in [5, 5.41) is 14.8. The molecular weight excluding hydrogens is 769 g/mol. The normalized spacial score (nSPS) is 12.7. The molecule has 1 aliphatic rings. The molecule has 296 valence electrons. The summed E-state index contributed by atoms with van der Waals surface area (Å²) in [5.41, 5.74) is 14.8. The zero-order valence-corrected chi connectivity index (χ0v) is 34.7. The van der Waals surface area contributed by atoms with Crippen LogP contribution in [-0.4, -0.2) is 19.5 Å².